The van der Waals surface area contributed by atoms with Crippen molar-refractivity contribution in [2.45, 2.75) is 51.6 Å². The second kappa shape index (κ2) is 4.60. The Balaban J connectivity index is 2.23. The van der Waals surface area contributed by atoms with Crippen LogP contribution in [0.3, 0.4) is 0 Å². The molecule has 0 amide bonds. The minimum Gasteiger partial charge on any atom is -0.469 e. The van der Waals surface area contributed by atoms with Gasteiger partial charge in [-0.15, -0.1) is 0 Å². The van der Waals surface area contributed by atoms with E-state index >= 15 is 0 Å². The molecule has 98 valence electrons. The van der Waals surface area contributed by atoms with Gasteiger partial charge in [0.25, 0.3) is 0 Å². The minimum absolute atomic E-state index is 0.233. The third-order valence-corrected chi connectivity index (χ3v) is 4.97. The van der Waals surface area contributed by atoms with Gasteiger partial charge in [0.1, 0.15) is 0 Å². The SMILES string of the molecule is COC(=O)[C@@H]1[C@@H](C)[C@H]2CCCC[C@@H]2C[C@@]1(C)O. The predicted octanol–water partition coefficient (Wildman–Crippen LogP) is 2.37. The molecular weight excluding hydrogens is 216 g/mol. The van der Waals surface area contributed by atoms with Gasteiger partial charge >= 0.3 is 5.97 Å². The maximum absolute atomic E-state index is 11.9. The van der Waals surface area contributed by atoms with Crippen molar-refractivity contribution in [1.82, 2.24) is 0 Å². The van der Waals surface area contributed by atoms with Crippen molar-refractivity contribution in [2.24, 2.45) is 23.7 Å². The lowest BCUT2D eigenvalue weighted by Crippen LogP contribution is -2.53. The highest BCUT2D eigenvalue weighted by Crippen LogP contribution is 2.50. The highest BCUT2D eigenvalue weighted by atomic mass is 16.5. The van der Waals surface area contributed by atoms with Gasteiger partial charge in [0.05, 0.1) is 18.6 Å². The van der Waals surface area contributed by atoms with E-state index in [9.17, 15) is 9.90 Å². The zero-order chi connectivity index (χ0) is 12.6. The molecule has 2 saturated carbocycles. The molecule has 0 heterocycles. The number of carbonyl (C=O) groups excluding carboxylic acids is 1. The summed E-state index contributed by atoms with van der Waals surface area (Å²) in [6.45, 7) is 3.91. The quantitative estimate of drug-likeness (QED) is 0.716. The molecule has 2 rings (SSSR count). The summed E-state index contributed by atoms with van der Waals surface area (Å²) in [6.07, 6.45) is 5.70. The van der Waals surface area contributed by atoms with Gasteiger partial charge in [-0.3, -0.25) is 4.79 Å². The second-order valence-electron chi connectivity index (χ2n) is 6.13. The van der Waals surface area contributed by atoms with E-state index in [-0.39, 0.29) is 17.8 Å². The molecule has 1 N–H and O–H groups in total. The van der Waals surface area contributed by atoms with E-state index < -0.39 is 5.60 Å². The van der Waals surface area contributed by atoms with Gasteiger partial charge < -0.3 is 9.84 Å². The summed E-state index contributed by atoms with van der Waals surface area (Å²) < 4.78 is 4.88. The van der Waals surface area contributed by atoms with Gasteiger partial charge in [0, 0.05) is 0 Å². The summed E-state index contributed by atoms with van der Waals surface area (Å²) in [5.74, 6) is 0.817. The standard InChI is InChI=1S/C14H24O3/c1-9-11-7-5-4-6-10(11)8-14(2,16)12(9)13(15)17-3/h9-12,16H,4-8H2,1-3H3/t9-,10+,11+,12-,14+/m0/s1. The number of methoxy groups -OCH3 is 1. The fourth-order valence-electron chi connectivity index (χ4n) is 4.25. The third-order valence-electron chi connectivity index (χ3n) is 4.97. The lowest BCUT2D eigenvalue weighted by molar-refractivity contribution is -0.172. The fourth-order valence-corrected chi connectivity index (χ4v) is 4.25. The third kappa shape index (κ3) is 2.22. The Morgan fingerprint density at radius 3 is 2.65 bits per heavy atom. The molecule has 2 fully saturated rings. The van der Waals surface area contributed by atoms with Crippen molar-refractivity contribution >= 4 is 5.97 Å². The Morgan fingerprint density at radius 1 is 1.35 bits per heavy atom. The maximum Gasteiger partial charge on any atom is 0.311 e. The molecule has 0 aromatic carbocycles. The van der Waals surface area contributed by atoms with Crippen molar-refractivity contribution in [3.05, 3.63) is 0 Å². The summed E-state index contributed by atoms with van der Waals surface area (Å²) in [7, 11) is 1.41. The number of rotatable bonds is 1. The molecule has 0 radical (unpaired) electrons. The van der Waals surface area contributed by atoms with Crippen LogP contribution in [0.5, 0.6) is 0 Å². The van der Waals surface area contributed by atoms with Gasteiger partial charge in [0.15, 0.2) is 0 Å². The smallest absolute Gasteiger partial charge is 0.311 e. The van der Waals surface area contributed by atoms with Crippen LogP contribution in [0.25, 0.3) is 0 Å². The van der Waals surface area contributed by atoms with Crippen LogP contribution in [0.1, 0.15) is 46.0 Å². The highest BCUT2D eigenvalue weighted by molar-refractivity contribution is 5.74. The molecule has 0 aromatic rings. The van der Waals surface area contributed by atoms with E-state index in [0.717, 1.165) is 6.42 Å². The van der Waals surface area contributed by atoms with Crippen molar-refractivity contribution < 1.29 is 14.6 Å². The number of hydrogen-bond donors (Lipinski definition) is 1. The van der Waals surface area contributed by atoms with Crippen LogP contribution in [-0.2, 0) is 9.53 Å². The average Bonchev–Trinajstić information content (AvgIpc) is 2.27. The van der Waals surface area contributed by atoms with Crippen molar-refractivity contribution in [2.75, 3.05) is 7.11 Å². The first kappa shape index (κ1) is 12.9. The van der Waals surface area contributed by atoms with Crippen molar-refractivity contribution in [1.29, 1.82) is 0 Å². The predicted molar refractivity (Wildman–Crippen MR) is 65.4 cm³/mol. The van der Waals surface area contributed by atoms with E-state index in [1.165, 1.54) is 32.8 Å². The first-order valence-corrected chi connectivity index (χ1v) is 6.77. The monoisotopic (exact) mass is 240 g/mol. The van der Waals surface area contributed by atoms with Crippen molar-refractivity contribution in [3.8, 4) is 0 Å². The lowest BCUT2D eigenvalue weighted by Gasteiger charge is -2.50. The summed E-state index contributed by atoms with van der Waals surface area (Å²) in [6, 6.07) is 0. The largest absolute Gasteiger partial charge is 0.469 e. The summed E-state index contributed by atoms with van der Waals surface area (Å²) in [5, 5.41) is 10.5. The van der Waals surface area contributed by atoms with Crippen LogP contribution < -0.4 is 0 Å². The molecule has 0 bridgehead atoms. The molecule has 0 saturated heterocycles. The molecular formula is C14H24O3. The Morgan fingerprint density at radius 2 is 2.00 bits per heavy atom. The van der Waals surface area contributed by atoms with E-state index in [4.69, 9.17) is 4.74 Å². The van der Waals surface area contributed by atoms with Crippen LogP contribution in [0.2, 0.25) is 0 Å². The topological polar surface area (TPSA) is 46.5 Å². The Hall–Kier alpha value is -0.570. The number of hydrogen-bond acceptors (Lipinski definition) is 3. The van der Waals surface area contributed by atoms with Gasteiger partial charge in [-0.05, 0) is 37.5 Å². The van der Waals surface area contributed by atoms with Crippen LogP contribution in [-0.4, -0.2) is 23.8 Å². The number of aliphatic hydroxyl groups is 1. The number of carbonyl (C=O) groups is 1. The second-order valence-corrected chi connectivity index (χ2v) is 6.13. The van der Waals surface area contributed by atoms with Crippen LogP contribution in [0.4, 0.5) is 0 Å². The molecule has 17 heavy (non-hydrogen) atoms. The van der Waals surface area contributed by atoms with E-state index in [0.29, 0.717) is 11.8 Å². The molecule has 0 aromatic heterocycles. The number of esters is 1. The van der Waals surface area contributed by atoms with Gasteiger partial charge in [-0.25, -0.2) is 0 Å². The Kier molecular flexibility index (Phi) is 3.48. The van der Waals surface area contributed by atoms with Crippen LogP contribution in [0.15, 0.2) is 0 Å². The molecule has 0 spiro atoms. The lowest BCUT2D eigenvalue weighted by atomic mass is 9.57. The Bertz CT molecular complexity index is 298. The normalized spacial score (nSPS) is 46.1. The zero-order valence-corrected chi connectivity index (χ0v) is 11.1. The number of fused-ring (bicyclic) bond motifs is 1. The Labute approximate surface area is 104 Å². The van der Waals surface area contributed by atoms with Crippen LogP contribution in [0, 0.1) is 23.7 Å². The summed E-state index contributed by atoms with van der Waals surface area (Å²) in [4.78, 5) is 11.9. The fraction of sp³-hybridized carbons (Fsp3) is 0.929. The van der Waals surface area contributed by atoms with Crippen molar-refractivity contribution in [3.63, 3.8) is 0 Å². The molecule has 0 unspecified atom stereocenters. The highest BCUT2D eigenvalue weighted by Gasteiger charge is 2.52. The molecule has 3 heteroatoms. The van der Waals surface area contributed by atoms with Crippen LogP contribution >= 0.6 is 0 Å². The number of ether oxygens (including phenoxy) is 1. The van der Waals surface area contributed by atoms with Gasteiger partial charge in [0.2, 0.25) is 0 Å². The van der Waals surface area contributed by atoms with E-state index in [1.807, 2.05) is 0 Å². The first-order valence-electron chi connectivity index (χ1n) is 6.77. The van der Waals surface area contributed by atoms with Gasteiger partial charge in [-0.1, -0.05) is 26.2 Å². The molecule has 2 aliphatic carbocycles. The maximum atomic E-state index is 11.9. The van der Waals surface area contributed by atoms with E-state index in [2.05, 4.69) is 6.92 Å². The van der Waals surface area contributed by atoms with Gasteiger partial charge in [-0.2, -0.15) is 0 Å². The average molecular weight is 240 g/mol. The zero-order valence-electron chi connectivity index (χ0n) is 11.1. The first-order chi connectivity index (χ1) is 7.97. The minimum atomic E-state index is -0.898. The molecule has 5 atom stereocenters. The summed E-state index contributed by atoms with van der Waals surface area (Å²) in [5.41, 5.74) is -0.898. The summed E-state index contributed by atoms with van der Waals surface area (Å²) >= 11 is 0. The molecule has 3 nitrogen and oxygen atoms in total. The molecule has 2 aliphatic rings. The molecule has 0 aliphatic heterocycles. The van der Waals surface area contributed by atoms with E-state index in [1.54, 1.807) is 6.92 Å².